The zero-order valence-electron chi connectivity index (χ0n) is 13.8. The van der Waals surface area contributed by atoms with Crippen molar-refractivity contribution in [3.05, 3.63) is 59.7 Å². The monoisotopic (exact) mass is 326 g/mol. The maximum atomic E-state index is 12.3. The van der Waals surface area contributed by atoms with Crippen LogP contribution in [0.5, 0.6) is 5.75 Å². The molecule has 24 heavy (non-hydrogen) atoms. The molecule has 0 aliphatic carbocycles. The van der Waals surface area contributed by atoms with Crippen LogP contribution < -0.4 is 15.0 Å². The van der Waals surface area contributed by atoms with E-state index in [-0.39, 0.29) is 5.91 Å². The van der Waals surface area contributed by atoms with E-state index in [0.717, 1.165) is 43.3 Å². The SMILES string of the molecule is COc1cccc(CNC(=O)c2ccc(N3CCOCC3)cc2)c1. The van der Waals surface area contributed by atoms with Crippen LogP contribution in [0.15, 0.2) is 48.5 Å². The Morgan fingerprint density at radius 2 is 1.92 bits per heavy atom. The van der Waals surface area contributed by atoms with E-state index >= 15 is 0 Å². The van der Waals surface area contributed by atoms with Crippen molar-refractivity contribution in [3.8, 4) is 5.75 Å². The summed E-state index contributed by atoms with van der Waals surface area (Å²) in [6.45, 7) is 3.76. The molecule has 1 fully saturated rings. The van der Waals surface area contributed by atoms with E-state index in [1.807, 2.05) is 48.5 Å². The lowest BCUT2D eigenvalue weighted by Crippen LogP contribution is -2.36. The van der Waals surface area contributed by atoms with Crippen molar-refractivity contribution in [2.75, 3.05) is 38.3 Å². The number of ether oxygens (including phenoxy) is 2. The zero-order chi connectivity index (χ0) is 16.8. The van der Waals surface area contributed by atoms with Crippen LogP contribution in [0, 0.1) is 0 Å². The molecular formula is C19H22N2O3. The molecule has 1 N–H and O–H groups in total. The number of hydrogen-bond donors (Lipinski definition) is 1. The van der Waals surface area contributed by atoms with E-state index in [1.165, 1.54) is 0 Å². The molecule has 0 saturated carbocycles. The first kappa shape index (κ1) is 16.3. The van der Waals surface area contributed by atoms with Gasteiger partial charge in [0, 0.05) is 30.9 Å². The molecule has 0 aromatic heterocycles. The second kappa shape index (κ2) is 7.84. The number of carbonyl (C=O) groups is 1. The maximum Gasteiger partial charge on any atom is 0.251 e. The summed E-state index contributed by atoms with van der Waals surface area (Å²) >= 11 is 0. The Morgan fingerprint density at radius 3 is 2.62 bits per heavy atom. The molecule has 1 aliphatic heterocycles. The van der Waals surface area contributed by atoms with E-state index in [1.54, 1.807) is 7.11 Å². The minimum atomic E-state index is -0.0775. The summed E-state index contributed by atoms with van der Waals surface area (Å²) in [5.41, 5.74) is 2.80. The van der Waals surface area contributed by atoms with Crippen LogP contribution in [-0.2, 0) is 11.3 Å². The highest BCUT2D eigenvalue weighted by Gasteiger charge is 2.12. The fourth-order valence-electron chi connectivity index (χ4n) is 2.71. The van der Waals surface area contributed by atoms with Crippen LogP contribution in [0.3, 0.4) is 0 Å². The molecule has 2 aromatic carbocycles. The summed E-state index contributed by atoms with van der Waals surface area (Å²) in [4.78, 5) is 14.5. The standard InChI is InChI=1S/C19H22N2O3/c1-23-18-4-2-3-15(13-18)14-20-19(22)16-5-7-17(8-6-16)21-9-11-24-12-10-21/h2-8,13H,9-12,14H2,1H3,(H,20,22). The average Bonchev–Trinajstić information content (AvgIpc) is 2.67. The molecule has 0 bridgehead atoms. The van der Waals surface area contributed by atoms with Gasteiger partial charge in [-0.2, -0.15) is 0 Å². The Morgan fingerprint density at radius 1 is 1.17 bits per heavy atom. The molecule has 2 aromatic rings. The molecule has 3 rings (SSSR count). The minimum Gasteiger partial charge on any atom is -0.497 e. The van der Waals surface area contributed by atoms with Gasteiger partial charge in [-0.05, 0) is 42.0 Å². The summed E-state index contributed by atoms with van der Waals surface area (Å²) in [5.74, 6) is 0.711. The van der Waals surface area contributed by atoms with Crippen LogP contribution in [-0.4, -0.2) is 39.3 Å². The Bertz CT molecular complexity index is 679. The zero-order valence-corrected chi connectivity index (χ0v) is 13.8. The number of carbonyl (C=O) groups excluding carboxylic acids is 1. The number of rotatable bonds is 5. The molecule has 0 radical (unpaired) electrons. The van der Waals surface area contributed by atoms with Crippen molar-refractivity contribution < 1.29 is 14.3 Å². The fraction of sp³-hybridized carbons (Fsp3) is 0.316. The normalized spacial score (nSPS) is 14.3. The highest BCUT2D eigenvalue weighted by atomic mass is 16.5. The highest BCUT2D eigenvalue weighted by molar-refractivity contribution is 5.94. The third kappa shape index (κ3) is 4.06. The molecule has 5 heteroatoms. The molecular weight excluding hydrogens is 304 g/mol. The van der Waals surface area contributed by atoms with Crippen molar-refractivity contribution in [2.45, 2.75) is 6.54 Å². The summed E-state index contributed by atoms with van der Waals surface area (Å²) in [5, 5.41) is 2.94. The number of anilines is 1. The number of hydrogen-bond acceptors (Lipinski definition) is 4. The Kier molecular flexibility index (Phi) is 5.33. The molecule has 1 saturated heterocycles. The van der Waals surface area contributed by atoms with Gasteiger partial charge in [0.15, 0.2) is 0 Å². The van der Waals surface area contributed by atoms with Crippen LogP contribution in [0.1, 0.15) is 15.9 Å². The lowest BCUT2D eigenvalue weighted by atomic mass is 10.1. The van der Waals surface area contributed by atoms with Crippen molar-refractivity contribution in [1.82, 2.24) is 5.32 Å². The smallest absolute Gasteiger partial charge is 0.251 e. The van der Waals surface area contributed by atoms with Gasteiger partial charge in [-0.25, -0.2) is 0 Å². The van der Waals surface area contributed by atoms with Gasteiger partial charge in [-0.3, -0.25) is 4.79 Å². The number of morpholine rings is 1. The van der Waals surface area contributed by atoms with E-state index in [0.29, 0.717) is 12.1 Å². The van der Waals surface area contributed by atoms with Crippen LogP contribution in [0.2, 0.25) is 0 Å². The summed E-state index contributed by atoms with van der Waals surface area (Å²) < 4.78 is 10.5. The van der Waals surface area contributed by atoms with E-state index < -0.39 is 0 Å². The molecule has 1 aliphatic rings. The molecule has 1 amide bonds. The number of benzene rings is 2. The lowest BCUT2D eigenvalue weighted by molar-refractivity contribution is 0.0951. The summed E-state index contributed by atoms with van der Waals surface area (Å²) in [7, 11) is 1.63. The number of nitrogens with zero attached hydrogens (tertiary/aromatic N) is 1. The molecule has 0 spiro atoms. The number of amides is 1. The first-order chi connectivity index (χ1) is 11.8. The van der Waals surface area contributed by atoms with Crippen molar-refractivity contribution >= 4 is 11.6 Å². The summed E-state index contributed by atoms with van der Waals surface area (Å²) in [6, 6.07) is 15.4. The third-order valence-electron chi connectivity index (χ3n) is 4.09. The topological polar surface area (TPSA) is 50.8 Å². The first-order valence-electron chi connectivity index (χ1n) is 8.10. The van der Waals surface area contributed by atoms with Gasteiger partial charge in [-0.15, -0.1) is 0 Å². The quantitative estimate of drug-likeness (QED) is 0.917. The van der Waals surface area contributed by atoms with Gasteiger partial charge in [0.25, 0.3) is 5.91 Å². The average molecular weight is 326 g/mol. The van der Waals surface area contributed by atoms with Crippen molar-refractivity contribution in [3.63, 3.8) is 0 Å². The van der Waals surface area contributed by atoms with Gasteiger partial charge in [0.1, 0.15) is 5.75 Å². The first-order valence-corrected chi connectivity index (χ1v) is 8.10. The Labute approximate surface area is 142 Å². The van der Waals surface area contributed by atoms with Crippen molar-refractivity contribution in [1.29, 1.82) is 0 Å². The van der Waals surface area contributed by atoms with Crippen LogP contribution >= 0.6 is 0 Å². The lowest BCUT2D eigenvalue weighted by Gasteiger charge is -2.28. The Balaban J connectivity index is 1.58. The van der Waals surface area contributed by atoms with Crippen LogP contribution in [0.4, 0.5) is 5.69 Å². The molecule has 126 valence electrons. The van der Waals surface area contributed by atoms with Gasteiger partial charge in [-0.1, -0.05) is 12.1 Å². The predicted octanol–water partition coefficient (Wildman–Crippen LogP) is 2.46. The van der Waals surface area contributed by atoms with E-state index in [2.05, 4.69) is 10.2 Å². The fourth-order valence-corrected chi connectivity index (χ4v) is 2.71. The van der Waals surface area contributed by atoms with Gasteiger partial charge in [0.2, 0.25) is 0 Å². The van der Waals surface area contributed by atoms with E-state index in [4.69, 9.17) is 9.47 Å². The highest BCUT2D eigenvalue weighted by Crippen LogP contribution is 2.17. The van der Waals surface area contributed by atoms with Gasteiger partial charge in [0.05, 0.1) is 20.3 Å². The van der Waals surface area contributed by atoms with Gasteiger partial charge >= 0.3 is 0 Å². The second-order valence-corrected chi connectivity index (χ2v) is 5.68. The minimum absolute atomic E-state index is 0.0775. The van der Waals surface area contributed by atoms with E-state index in [9.17, 15) is 4.79 Å². The second-order valence-electron chi connectivity index (χ2n) is 5.68. The largest absolute Gasteiger partial charge is 0.497 e. The Hall–Kier alpha value is -2.53. The predicted molar refractivity (Wildman–Crippen MR) is 93.6 cm³/mol. The third-order valence-corrected chi connectivity index (χ3v) is 4.09. The summed E-state index contributed by atoms with van der Waals surface area (Å²) in [6.07, 6.45) is 0. The molecule has 0 atom stereocenters. The molecule has 5 nitrogen and oxygen atoms in total. The number of methoxy groups -OCH3 is 1. The number of nitrogens with one attached hydrogen (secondary N) is 1. The molecule has 1 heterocycles. The molecule has 0 unspecified atom stereocenters. The van der Waals surface area contributed by atoms with Crippen LogP contribution in [0.25, 0.3) is 0 Å². The van der Waals surface area contributed by atoms with Gasteiger partial charge < -0.3 is 19.7 Å². The maximum absolute atomic E-state index is 12.3. The van der Waals surface area contributed by atoms with Crippen molar-refractivity contribution in [2.24, 2.45) is 0 Å².